The number of benzene rings is 3. The second kappa shape index (κ2) is 9.17. The summed E-state index contributed by atoms with van der Waals surface area (Å²) in [5.74, 6) is -1.08. The number of nitrogens with zero attached hydrogens (tertiary/aromatic N) is 1. The average molecular weight is 433 g/mol. The Labute approximate surface area is 173 Å². The Hall–Kier alpha value is -2.74. The predicted molar refractivity (Wildman–Crippen MR) is 111 cm³/mol. The number of amides is 1. The van der Waals surface area contributed by atoms with Gasteiger partial charge < -0.3 is 5.32 Å². The van der Waals surface area contributed by atoms with Crippen LogP contribution < -0.4 is 5.32 Å². The zero-order valence-corrected chi connectivity index (χ0v) is 16.8. The van der Waals surface area contributed by atoms with Crippen LogP contribution in [0.4, 0.5) is 10.1 Å². The van der Waals surface area contributed by atoms with Gasteiger partial charge in [0.2, 0.25) is 15.9 Å². The van der Waals surface area contributed by atoms with Gasteiger partial charge in [0.05, 0.1) is 11.4 Å². The van der Waals surface area contributed by atoms with Crippen molar-refractivity contribution in [1.29, 1.82) is 0 Å². The number of nitrogens with one attached hydrogen (secondary N) is 1. The molecule has 3 aromatic rings. The predicted octanol–water partition coefficient (Wildman–Crippen LogP) is 4.31. The van der Waals surface area contributed by atoms with Crippen molar-refractivity contribution >= 4 is 33.2 Å². The van der Waals surface area contributed by atoms with Crippen molar-refractivity contribution in [2.75, 3.05) is 11.9 Å². The highest BCUT2D eigenvalue weighted by atomic mass is 35.5. The van der Waals surface area contributed by atoms with E-state index in [0.29, 0.717) is 10.6 Å². The molecule has 3 aromatic carbocycles. The molecule has 8 heteroatoms. The molecule has 0 saturated carbocycles. The quantitative estimate of drug-likeness (QED) is 0.605. The molecule has 0 aromatic heterocycles. The molecule has 0 radical (unpaired) electrons. The normalized spacial score (nSPS) is 11.4. The molecule has 150 valence electrons. The molecule has 5 nitrogen and oxygen atoms in total. The van der Waals surface area contributed by atoms with Gasteiger partial charge in [0.1, 0.15) is 5.82 Å². The summed E-state index contributed by atoms with van der Waals surface area (Å²) in [5.41, 5.74) is 0.922. The van der Waals surface area contributed by atoms with E-state index in [4.69, 9.17) is 11.6 Å². The van der Waals surface area contributed by atoms with Crippen molar-refractivity contribution < 1.29 is 17.6 Å². The molecule has 0 bridgehead atoms. The molecule has 1 N–H and O–H groups in total. The molecular weight excluding hydrogens is 415 g/mol. The van der Waals surface area contributed by atoms with Gasteiger partial charge in [-0.2, -0.15) is 4.31 Å². The maximum atomic E-state index is 13.3. The van der Waals surface area contributed by atoms with E-state index in [1.54, 1.807) is 42.5 Å². The molecule has 0 unspecified atom stereocenters. The van der Waals surface area contributed by atoms with Crippen molar-refractivity contribution in [3.05, 3.63) is 95.3 Å². The Bertz CT molecular complexity index is 1090. The third kappa shape index (κ3) is 5.63. The zero-order chi connectivity index (χ0) is 20.9. The van der Waals surface area contributed by atoms with Gasteiger partial charge in [0, 0.05) is 17.3 Å². The molecule has 0 aliphatic rings. The number of sulfonamides is 1. The Balaban J connectivity index is 1.85. The molecule has 3 rings (SSSR count). The van der Waals surface area contributed by atoms with E-state index in [2.05, 4.69) is 5.32 Å². The van der Waals surface area contributed by atoms with Gasteiger partial charge in [0.15, 0.2) is 0 Å². The van der Waals surface area contributed by atoms with Crippen molar-refractivity contribution in [2.45, 2.75) is 11.4 Å². The molecule has 0 aliphatic carbocycles. The minimum atomic E-state index is -3.94. The Morgan fingerprint density at radius 1 is 0.966 bits per heavy atom. The first-order valence-electron chi connectivity index (χ1n) is 8.70. The summed E-state index contributed by atoms with van der Waals surface area (Å²) in [6, 6.07) is 19.9. The summed E-state index contributed by atoms with van der Waals surface area (Å²) >= 11 is 5.89. The van der Waals surface area contributed by atoms with E-state index in [1.165, 1.54) is 30.3 Å². The molecular formula is C21H18ClFN2O3S. The van der Waals surface area contributed by atoms with Gasteiger partial charge in [-0.25, -0.2) is 12.8 Å². The number of halogens is 2. The van der Waals surface area contributed by atoms with Crippen LogP contribution in [0.15, 0.2) is 83.8 Å². The SMILES string of the molecule is O=C(CN(Cc1ccc(Cl)cc1)S(=O)(=O)c1ccccc1)Nc1cccc(F)c1. The fraction of sp³-hybridized carbons (Fsp3) is 0.0952. The lowest BCUT2D eigenvalue weighted by Crippen LogP contribution is -2.37. The first-order valence-corrected chi connectivity index (χ1v) is 10.5. The van der Waals surface area contributed by atoms with E-state index in [0.717, 1.165) is 10.4 Å². The second-order valence-corrected chi connectivity index (χ2v) is 8.65. The highest BCUT2D eigenvalue weighted by Gasteiger charge is 2.27. The van der Waals surface area contributed by atoms with Crippen molar-refractivity contribution in [3.63, 3.8) is 0 Å². The third-order valence-corrected chi connectivity index (χ3v) is 6.14. The number of carbonyl (C=O) groups excluding carboxylic acids is 1. The first kappa shape index (κ1) is 21.0. The van der Waals surface area contributed by atoms with Crippen molar-refractivity contribution in [2.24, 2.45) is 0 Å². The highest BCUT2D eigenvalue weighted by molar-refractivity contribution is 7.89. The average Bonchev–Trinajstić information content (AvgIpc) is 2.70. The standard InChI is InChI=1S/C21H18ClFN2O3S/c22-17-11-9-16(10-12-17)14-25(29(27,28)20-7-2-1-3-8-20)15-21(26)24-19-6-4-5-18(23)13-19/h1-13H,14-15H2,(H,24,26). The minimum Gasteiger partial charge on any atom is -0.325 e. The summed E-state index contributed by atoms with van der Waals surface area (Å²) in [4.78, 5) is 12.6. The van der Waals surface area contributed by atoms with Gasteiger partial charge in [-0.1, -0.05) is 48.0 Å². The van der Waals surface area contributed by atoms with Crippen LogP contribution in [0.5, 0.6) is 0 Å². The van der Waals surface area contributed by atoms with Crippen molar-refractivity contribution in [3.8, 4) is 0 Å². The molecule has 0 heterocycles. The fourth-order valence-electron chi connectivity index (χ4n) is 2.69. The first-order chi connectivity index (χ1) is 13.8. The van der Waals surface area contributed by atoms with Gasteiger partial charge >= 0.3 is 0 Å². The minimum absolute atomic E-state index is 0.0228. The fourth-order valence-corrected chi connectivity index (χ4v) is 4.22. The molecule has 0 spiro atoms. The Morgan fingerprint density at radius 2 is 1.66 bits per heavy atom. The summed E-state index contributed by atoms with van der Waals surface area (Å²) in [6.45, 7) is -0.457. The topological polar surface area (TPSA) is 66.5 Å². The number of hydrogen-bond acceptors (Lipinski definition) is 3. The molecule has 0 atom stereocenters. The summed E-state index contributed by atoms with van der Waals surface area (Å²) in [6.07, 6.45) is 0. The maximum Gasteiger partial charge on any atom is 0.243 e. The number of hydrogen-bond donors (Lipinski definition) is 1. The van der Waals surface area contributed by atoms with E-state index >= 15 is 0 Å². The van der Waals surface area contributed by atoms with Crippen LogP contribution in [0.2, 0.25) is 5.02 Å². The van der Waals surface area contributed by atoms with Crippen LogP contribution in [0.25, 0.3) is 0 Å². The van der Waals surface area contributed by atoms with Crippen LogP contribution in [0.1, 0.15) is 5.56 Å². The van der Waals surface area contributed by atoms with Crippen LogP contribution in [0.3, 0.4) is 0 Å². The second-order valence-electron chi connectivity index (χ2n) is 6.27. The van der Waals surface area contributed by atoms with E-state index in [-0.39, 0.29) is 17.1 Å². The Morgan fingerprint density at radius 3 is 2.31 bits per heavy atom. The molecule has 0 saturated heterocycles. The van der Waals surface area contributed by atoms with Crippen LogP contribution >= 0.6 is 11.6 Å². The summed E-state index contributed by atoms with van der Waals surface area (Å²) < 4.78 is 40.6. The number of rotatable bonds is 7. The summed E-state index contributed by atoms with van der Waals surface area (Å²) in [7, 11) is -3.94. The number of carbonyl (C=O) groups is 1. The lowest BCUT2D eigenvalue weighted by atomic mass is 10.2. The van der Waals surface area contributed by atoms with Crippen LogP contribution in [0, 0.1) is 5.82 Å². The number of anilines is 1. The monoisotopic (exact) mass is 432 g/mol. The van der Waals surface area contributed by atoms with E-state index < -0.39 is 28.3 Å². The maximum absolute atomic E-state index is 13.3. The van der Waals surface area contributed by atoms with Gasteiger partial charge in [-0.05, 0) is 48.0 Å². The van der Waals surface area contributed by atoms with E-state index in [9.17, 15) is 17.6 Å². The molecule has 29 heavy (non-hydrogen) atoms. The Kier molecular flexibility index (Phi) is 6.64. The summed E-state index contributed by atoms with van der Waals surface area (Å²) in [5, 5.41) is 3.05. The van der Waals surface area contributed by atoms with Crippen molar-refractivity contribution in [1.82, 2.24) is 4.31 Å². The molecule has 0 aliphatic heterocycles. The van der Waals surface area contributed by atoms with E-state index in [1.807, 2.05) is 0 Å². The smallest absolute Gasteiger partial charge is 0.243 e. The van der Waals surface area contributed by atoms with Gasteiger partial charge in [-0.15, -0.1) is 0 Å². The molecule has 1 amide bonds. The van der Waals surface area contributed by atoms with Gasteiger partial charge in [-0.3, -0.25) is 4.79 Å². The third-order valence-electron chi connectivity index (χ3n) is 4.08. The highest BCUT2D eigenvalue weighted by Crippen LogP contribution is 2.20. The van der Waals surface area contributed by atoms with Crippen LogP contribution in [-0.2, 0) is 21.4 Å². The van der Waals surface area contributed by atoms with Gasteiger partial charge in [0.25, 0.3) is 0 Å². The zero-order valence-electron chi connectivity index (χ0n) is 15.3. The van der Waals surface area contributed by atoms with Crippen LogP contribution in [-0.4, -0.2) is 25.2 Å². The molecule has 0 fully saturated rings. The largest absolute Gasteiger partial charge is 0.325 e. The lowest BCUT2D eigenvalue weighted by Gasteiger charge is -2.22. The lowest BCUT2D eigenvalue weighted by molar-refractivity contribution is -0.116.